The lowest BCUT2D eigenvalue weighted by Crippen LogP contribution is -2.39. The lowest BCUT2D eigenvalue weighted by Gasteiger charge is -2.31. The molecule has 1 aliphatic rings. The molecule has 8 nitrogen and oxygen atoms in total. The number of aliphatic hydroxyl groups excluding tert-OH is 1. The number of hydrogen-bond acceptors (Lipinski definition) is 6. The largest absolute Gasteiger partial charge is 0.440 e. The molecule has 0 saturated carbocycles. The minimum atomic E-state index is -0.201. The number of amides is 1. The van der Waals surface area contributed by atoms with E-state index in [0.717, 1.165) is 18.4 Å². The highest BCUT2D eigenvalue weighted by molar-refractivity contribution is 5.97. The Labute approximate surface area is 185 Å². The highest BCUT2D eigenvalue weighted by atomic mass is 16.4. The average molecular weight is 429 g/mol. The van der Waals surface area contributed by atoms with Crippen LogP contribution in [0.5, 0.6) is 0 Å². The van der Waals surface area contributed by atoms with E-state index in [2.05, 4.69) is 15.2 Å². The lowest BCUT2D eigenvalue weighted by molar-refractivity contribution is 0.0698. The molecule has 5 rings (SSSR count). The molecule has 1 aliphatic heterocycles. The van der Waals surface area contributed by atoms with E-state index in [1.807, 2.05) is 53.4 Å². The zero-order chi connectivity index (χ0) is 21.9. The number of para-hydroxylation sites is 1. The summed E-state index contributed by atoms with van der Waals surface area (Å²) in [7, 11) is 0. The molecule has 1 saturated heterocycles. The van der Waals surface area contributed by atoms with Crippen molar-refractivity contribution in [3.05, 3.63) is 84.1 Å². The first-order chi connectivity index (χ1) is 15.7. The zero-order valence-electron chi connectivity index (χ0n) is 17.5. The van der Waals surface area contributed by atoms with Crippen LogP contribution in [0, 0.1) is 0 Å². The normalized spacial score (nSPS) is 16.3. The summed E-state index contributed by atoms with van der Waals surface area (Å²) < 4.78 is 6.11. The summed E-state index contributed by atoms with van der Waals surface area (Å²) in [6.07, 6.45) is 4.88. The molecule has 32 heavy (non-hydrogen) atoms. The van der Waals surface area contributed by atoms with Crippen LogP contribution in [0.4, 0.5) is 0 Å². The van der Waals surface area contributed by atoms with Crippen molar-refractivity contribution in [3.63, 3.8) is 0 Å². The third-order valence-electron chi connectivity index (χ3n) is 5.73. The van der Waals surface area contributed by atoms with Crippen LogP contribution in [0.15, 0.2) is 71.4 Å². The third-order valence-corrected chi connectivity index (χ3v) is 5.73. The van der Waals surface area contributed by atoms with Gasteiger partial charge in [0.1, 0.15) is 5.69 Å². The predicted octanol–water partition coefficient (Wildman–Crippen LogP) is 3.43. The van der Waals surface area contributed by atoms with Gasteiger partial charge in [-0.2, -0.15) is 15.0 Å². The fourth-order valence-corrected chi connectivity index (χ4v) is 4.17. The molecule has 3 heterocycles. The molecule has 162 valence electrons. The number of rotatable bonds is 5. The number of nitrogens with zero attached hydrogens (tertiary/aromatic N) is 5. The van der Waals surface area contributed by atoms with Crippen molar-refractivity contribution in [1.82, 2.24) is 24.9 Å². The molecular weight excluding hydrogens is 406 g/mol. The van der Waals surface area contributed by atoms with Gasteiger partial charge in [0.25, 0.3) is 5.91 Å². The molecule has 1 N–H and O–H groups in total. The van der Waals surface area contributed by atoms with Gasteiger partial charge in [0.05, 0.1) is 36.2 Å². The molecular formula is C24H23N5O3. The van der Waals surface area contributed by atoms with Crippen LogP contribution in [0.1, 0.15) is 40.7 Å². The molecule has 1 fully saturated rings. The molecule has 8 heteroatoms. The second-order valence-corrected chi connectivity index (χ2v) is 7.78. The van der Waals surface area contributed by atoms with Crippen LogP contribution >= 0.6 is 0 Å². The summed E-state index contributed by atoms with van der Waals surface area (Å²) in [6, 6.07) is 17.0. The Hall–Kier alpha value is -3.78. The van der Waals surface area contributed by atoms with Crippen LogP contribution in [-0.2, 0) is 6.61 Å². The molecule has 0 aliphatic carbocycles. The molecule has 2 aromatic carbocycles. The number of carbonyl (C=O) groups excluding carboxylic acids is 1. The Morgan fingerprint density at radius 3 is 2.59 bits per heavy atom. The minimum absolute atomic E-state index is 0.0366. The highest BCUT2D eigenvalue weighted by Gasteiger charge is 2.30. The van der Waals surface area contributed by atoms with Crippen molar-refractivity contribution < 1.29 is 14.3 Å². The Bertz CT molecular complexity index is 1200. The second kappa shape index (κ2) is 8.76. The van der Waals surface area contributed by atoms with Crippen molar-refractivity contribution in [2.24, 2.45) is 0 Å². The summed E-state index contributed by atoms with van der Waals surface area (Å²) >= 11 is 0. The van der Waals surface area contributed by atoms with Gasteiger partial charge in [-0.25, -0.2) is 4.98 Å². The van der Waals surface area contributed by atoms with Crippen LogP contribution in [-0.4, -0.2) is 49.0 Å². The van der Waals surface area contributed by atoms with Crippen molar-refractivity contribution in [1.29, 1.82) is 0 Å². The Balaban J connectivity index is 1.40. The number of likely N-dealkylation sites (tertiary alicyclic amines) is 1. The standard InChI is InChI=1S/C24H23N5O3/c30-16-20-22(17-7-2-1-3-8-17)32-23(27-20)18-9-6-14-28(15-18)24(31)19-10-4-5-11-21(19)29-25-12-13-26-29/h1-5,7-8,10-13,18,30H,6,9,14-16H2/t18-/m1/s1. The fourth-order valence-electron chi connectivity index (χ4n) is 4.17. The van der Waals surface area contributed by atoms with Gasteiger partial charge in [0.15, 0.2) is 11.7 Å². The number of carbonyl (C=O) groups is 1. The number of aromatic nitrogens is 4. The Kier molecular flexibility index (Phi) is 5.51. The van der Waals surface area contributed by atoms with E-state index in [9.17, 15) is 9.90 Å². The van der Waals surface area contributed by atoms with Crippen LogP contribution in [0.2, 0.25) is 0 Å². The molecule has 1 atom stereocenters. The van der Waals surface area contributed by atoms with Gasteiger partial charge in [0, 0.05) is 18.7 Å². The summed E-state index contributed by atoms with van der Waals surface area (Å²) in [4.78, 5) is 21.3. The molecule has 2 aromatic heterocycles. The smallest absolute Gasteiger partial charge is 0.256 e. The molecule has 4 aromatic rings. The number of oxazole rings is 1. The van der Waals surface area contributed by atoms with Crippen LogP contribution < -0.4 is 0 Å². The van der Waals surface area contributed by atoms with Gasteiger partial charge in [-0.3, -0.25) is 4.79 Å². The average Bonchev–Trinajstić information content (AvgIpc) is 3.55. The molecule has 0 radical (unpaired) electrons. The Morgan fingerprint density at radius 2 is 1.81 bits per heavy atom. The van der Waals surface area contributed by atoms with Crippen molar-refractivity contribution in [3.8, 4) is 17.0 Å². The zero-order valence-corrected chi connectivity index (χ0v) is 17.5. The number of hydrogen-bond donors (Lipinski definition) is 1. The van der Waals surface area contributed by atoms with Crippen LogP contribution in [0.3, 0.4) is 0 Å². The summed E-state index contributed by atoms with van der Waals surface area (Å²) in [5, 5.41) is 18.1. The number of aliphatic hydroxyl groups is 1. The van der Waals surface area contributed by atoms with Gasteiger partial charge < -0.3 is 14.4 Å². The predicted molar refractivity (Wildman–Crippen MR) is 117 cm³/mol. The molecule has 0 unspecified atom stereocenters. The molecule has 1 amide bonds. The van der Waals surface area contributed by atoms with Crippen LogP contribution in [0.25, 0.3) is 17.0 Å². The fraction of sp³-hybridized carbons (Fsp3) is 0.250. The maximum absolute atomic E-state index is 13.4. The van der Waals surface area contributed by atoms with E-state index in [-0.39, 0.29) is 18.4 Å². The van der Waals surface area contributed by atoms with E-state index in [1.165, 1.54) is 4.80 Å². The minimum Gasteiger partial charge on any atom is -0.440 e. The maximum Gasteiger partial charge on any atom is 0.256 e. The van der Waals surface area contributed by atoms with Gasteiger partial charge >= 0.3 is 0 Å². The molecule has 0 spiro atoms. The Morgan fingerprint density at radius 1 is 1.06 bits per heavy atom. The lowest BCUT2D eigenvalue weighted by atomic mass is 9.97. The topological polar surface area (TPSA) is 97.3 Å². The van der Waals surface area contributed by atoms with Crippen molar-refractivity contribution in [2.45, 2.75) is 25.4 Å². The van der Waals surface area contributed by atoms with Gasteiger partial charge in [-0.15, -0.1) is 0 Å². The van der Waals surface area contributed by atoms with E-state index < -0.39 is 0 Å². The number of piperidine rings is 1. The van der Waals surface area contributed by atoms with Gasteiger partial charge in [-0.05, 0) is 25.0 Å². The third kappa shape index (κ3) is 3.80. The van der Waals surface area contributed by atoms with Crippen molar-refractivity contribution >= 4 is 5.91 Å². The summed E-state index contributed by atoms with van der Waals surface area (Å²) in [5.41, 5.74) is 2.59. The van der Waals surface area contributed by atoms with Crippen molar-refractivity contribution in [2.75, 3.05) is 13.1 Å². The first-order valence-corrected chi connectivity index (χ1v) is 10.7. The van der Waals surface area contributed by atoms with E-state index in [4.69, 9.17) is 4.42 Å². The van der Waals surface area contributed by atoms with E-state index in [1.54, 1.807) is 18.5 Å². The van der Waals surface area contributed by atoms with E-state index >= 15 is 0 Å². The van der Waals surface area contributed by atoms with E-state index in [0.29, 0.717) is 41.7 Å². The monoisotopic (exact) mass is 429 g/mol. The first-order valence-electron chi connectivity index (χ1n) is 10.7. The summed E-state index contributed by atoms with van der Waals surface area (Å²) in [6.45, 7) is 0.960. The first kappa shape index (κ1) is 20.1. The highest BCUT2D eigenvalue weighted by Crippen LogP contribution is 2.33. The second-order valence-electron chi connectivity index (χ2n) is 7.78. The maximum atomic E-state index is 13.4. The van der Waals surface area contributed by atoms with Gasteiger partial charge in [0.2, 0.25) is 0 Å². The molecule has 0 bridgehead atoms. The summed E-state index contributed by atoms with van der Waals surface area (Å²) in [5.74, 6) is 1.04. The quantitative estimate of drug-likeness (QED) is 0.522. The number of benzene rings is 2. The SMILES string of the molecule is O=C(c1ccccc1-n1nccn1)N1CCC[C@@H](c2nc(CO)c(-c3ccccc3)o2)C1. The van der Waals surface area contributed by atoms with Gasteiger partial charge in [-0.1, -0.05) is 42.5 Å².